The largest absolute Gasteiger partial charge is 0.273 e. The van der Waals surface area contributed by atoms with Crippen molar-refractivity contribution in [3.63, 3.8) is 0 Å². The zero-order chi connectivity index (χ0) is 12.8. The van der Waals surface area contributed by atoms with Crippen molar-refractivity contribution in [1.82, 2.24) is 9.78 Å². The molecule has 3 heteroatoms. The zero-order valence-electron chi connectivity index (χ0n) is 10.7. The van der Waals surface area contributed by atoms with Gasteiger partial charge >= 0.3 is 0 Å². The molecular formula is C15H19ClN2. The molecule has 1 aromatic heterocycles. The average Bonchev–Trinajstić information content (AvgIpc) is 2.87. The molecule has 2 aromatic rings. The predicted molar refractivity (Wildman–Crippen MR) is 75.9 cm³/mol. The number of hydrogen-bond acceptors (Lipinski definition) is 1. The van der Waals surface area contributed by atoms with Crippen molar-refractivity contribution in [3.05, 3.63) is 53.9 Å². The number of halogens is 1. The smallest absolute Gasteiger partial charge is 0.0585 e. The fourth-order valence-electron chi connectivity index (χ4n) is 2.02. The zero-order valence-corrected chi connectivity index (χ0v) is 11.5. The van der Waals surface area contributed by atoms with Gasteiger partial charge in [0.1, 0.15) is 0 Å². The van der Waals surface area contributed by atoms with Crippen molar-refractivity contribution < 1.29 is 0 Å². The van der Waals surface area contributed by atoms with Crippen molar-refractivity contribution in [1.29, 1.82) is 0 Å². The van der Waals surface area contributed by atoms with Gasteiger partial charge in [-0.05, 0) is 37.3 Å². The van der Waals surface area contributed by atoms with Gasteiger partial charge in [-0.15, -0.1) is 11.6 Å². The Labute approximate surface area is 114 Å². The van der Waals surface area contributed by atoms with E-state index in [4.69, 9.17) is 11.6 Å². The van der Waals surface area contributed by atoms with Crippen LogP contribution in [0.2, 0.25) is 0 Å². The monoisotopic (exact) mass is 262 g/mol. The van der Waals surface area contributed by atoms with E-state index in [0.29, 0.717) is 0 Å². The molecule has 0 bridgehead atoms. The molecule has 18 heavy (non-hydrogen) atoms. The summed E-state index contributed by atoms with van der Waals surface area (Å²) in [6.07, 6.45) is 7.22. The molecule has 96 valence electrons. The third-order valence-electron chi connectivity index (χ3n) is 3.09. The minimum absolute atomic E-state index is 0.118. The van der Waals surface area contributed by atoms with Crippen molar-refractivity contribution >= 4 is 11.6 Å². The first-order valence-electron chi connectivity index (χ1n) is 6.50. The molecule has 0 spiro atoms. The second-order valence-electron chi connectivity index (χ2n) is 4.47. The molecule has 0 N–H and O–H groups in total. The number of rotatable bonds is 6. The van der Waals surface area contributed by atoms with E-state index in [1.165, 1.54) is 11.1 Å². The molecule has 0 saturated heterocycles. The summed E-state index contributed by atoms with van der Waals surface area (Å²) < 4.78 is 1.96. The highest BCUT2D eigenvalue weighted by molar-refractivity contribution is 6.20. The maximum absolute atomic E-state index is 6.38. The van der Waals surface area contributed by atoms with E-state index in [1.54, 1.807) is 0 Å². The Morgan fingerprint density at radius 2 is 2.06 bits per heavy atom. The summed E-state index contributed by atoms with van der Waals surface area (Å²) in [4.78, 5) is 0. The minimum atomic E-state index is 0.118. The number of aryl methyl sites for hydroxylation is 2. The van der Waals surface area contributed by atoms with Crippen LogP contribution in [0.3, 0.4) is 0 Å². The highest BCUT2D eigenvalue weighted by Crippen LogP contribution is 2.25. The fourth-order valence-corrected chi connectivity index (χ4v) is 2.32. The number of aromatic nitrogens is 2. The van der Waals surface area contributed by atoms with Gasteiger partial charge in [0.05, 0.1) is 11.6 Å². The highest BCUT2D eigenvalue weighted by atomic mass is 35.5. The molecule has 0 aliphatic carbocycles. The molecule has 1 atom stereocenters. The van der Waals surface area contributed by atoms with E-state index in [-0.39, 0.29) is 5.38 Å². The third kappa shape index (κ3) is 3.61. The van der Waals surface area contributed by atoms with Crippen molar-refractivity contribution in [2.45, 2.75) is 38.1 Å². The Morgan fingerprint density at radius 1 is 1.28 bits per heavy atom. The maximum atomic E-state index is 6.38. The summed E-state index contributed by atoms with van der Waals surface area (Å²) in [5.74, 6) is 0. The van der Waals surface area contributed by atoms with Gasteiger partial charge in [0.15, 0.2) is 0 Å². The summed E-state index contributed by atoms with van der Waals surface area (Å²) >= 11 is 6.38. The molecule has 0 radical (unpaired) electrons. The van der Waals surface area contributed by atoms with Crippen LogP contribution >= 0.6 is 11.6 Å². The lowest BCUT2D eigenvalue weighted by Crippen LogP contribution is -1.93. The van der Waals surface area contributed by atoms with E-state index in [2.05, 4.69) is 30.4 Å². The van der Waals surface area contributed by atoms with E-state index < -0.39 is 0 Å². The Bertz CT molecular complexity index is 464. The molecule has 0 aliphatic rings. The first-order valence-corrected chi connectivity index (χ1v) is 6.93. The molecule has 2 rings (SSSR count). The molecule has 1 heterocycles. The normalized spacial score (nSPS) is 12.6. The van der Waals surface area contributed by atoms with Gasteiger partial charge < -0.3 is 0 Å². The van der Waals surface area contributed by atoms with Gasteiger partial charge in [0, 0.05) is 12.7 Å². The first-order chi connectivity index (χ1) is 8.79. The van der Waals surface area contributed by atoms with Crippen LogP contribution < -0.4 is 0 Å². The number of hydrogen-bond donors (Lipinski definition) is 0. The van der Waals surface area contributed by atoms with Crippen LogP contribution in [0, 0.1) is 0 Å². The molecule has 1 aromatic carbocycles. The second kappa shape index (κ2) is 6.60. The van der Waals surface area contributed by atoms with Crippen LogP contribution in [-0.4, -0.2) is 9.78 Å². The fraction of sp³-hybridized carbons (Fsp3) is 0.400. The van der Waals surface area contributed by atoms with E-state index in [1.807, 2.05) is 29.1 Å². The van der Waals surface area contributed by atoms with Crippen molar-refractivity contribution in [3.8, 4) is 0 Å². The summed E-state index contributed by atoms with van der Waals surface area (Å²) in [7, 11) is 0. The van der Waals surface area contributed by atoms with Crippen LogP contribution in [0.25, 0.3) is 0 Å². The van der Waals surface area contributed by atoms with Gasteiger partial charge in [-0.2, -0.15) is 5.10 Å². The highest BCUT2D eigenvalue weighted by Gasteiger charge is 2.07. The predicted octanol–water partition coefficient (Wildman–Crippen LogP) is 4.21. The minimum Gasteiger partial charge on any atom is -0.273 e. The topological polar surface area (TPSA) is 17.8 Å². The lowest BCUT2D eigenvalue weighted by atomic mass is 10.1. The average molecular weight is 263 g/mol. The summed E-state index contributed by atoms with van der Waals surface area (Å²) in [6, 6.07) is 10.3. The number of benzene rings is 1. The van der Waals surface area contributed by atoms with Crippen LogP contribution in [0.15, 0.2) is 42.7 Å². The molecule has 2 nitrogen and oxygen atoms in total. The van der Waals surface area contributed by atoms with E-state index in [0.717, 1.165) is 25.8 Å². The quantitative estimate of drug-likeness (QED) is 0.713. The molecule has 0 amide bonds. The molecular weight excluding hydrogens is 244 g/mol. The van der Waals surface area contributed by atoms with Crippen LogP contribution in [-0.2, 0) is 13.0 Å². The van der Waals surface area contributed by atoms with Crippen LogP contribution in [0.4, 0.5) is 0 Å². The van der Waals surface area contributed by atoms with Crippen LogP contribution in [0.5, 0.6) is 0 Å². The van der Waals surface area contributed by atoms with Gasteiger partial charge in [-0.3, -0.25) is 4.68 Å². The summed E-state index contributed by atoms with van der Waals surface area (Å²) in [5, 5.41) is 4.39. The first kappa shape index (κ1) is 13.2. The second-order valence-corrected chi connectivity index (χ2v) is 5.00. The molecule has 0 aliphatic heterocycles. The van der Waals surface area contributed by atoms with Gasteiger partial charge in [0.2, 0.25) is 0 Å². The summed E-state index contributed by atoms with van der Waals surface area (Å²) in [6.45, 7) is 3.03. The standard InChI is InChI=1S/C15H19ClN2/c1-2-18-12-13(11-17-18)7-6-10-15(16)14-8-4-3-5-9-14/h3-5,8-9,11-12,15H,2,6-7,10H2,1H3. The Morgan fingerprint density at radius 3 is 2.72 bits per heavy atom. The molecule has 0 fully saturated rings. The Kier molecular flexibility index (Phi) is 4.82. The SMILES string of the molecule is CCn1cc(CCCC(Cl)c2ccccc2)cn1. The van der Waals surface area contributed by atoms with Crippen molar-refractivity contribution in [2.75, 3.05) is 0 Å². The Hall–Kier alpha value is -1.28. The third-order valence-corrected chi connectivity index (χ3v) is 3.57. The number of alkyl halides is 1. The van der Waals surface area contributed by atoms with Gasteiger partial charge in [0.25, 0.3) is 0 Å². The van der Waals surface area contributed by atoms with Gasteiger partial charge in [-0.1, -0.05) is 30.3 Å². The molecule has 1 unspecified atom stereocenters. The van der Waals surface area contributed by atoms with Gasteiger partial charge in [-0.25, -0.2) is 0 Å². The molecule has 0 saturated carbocycles. The number of nitrogens with zero attached hydrogens (tertiary/aromatic N) is 2. The summed E-state index contributed by atoms with van der Waals surface area (Å²) in [5.41, 5.74) is 2.51. The van der Waals surface area contributed by atoms with Crippen molar-refractivity contribution in [2.24, 2.45) is 0 Å². The lowest BCUT2D eigenvalue weighted by Gasteiger charge is -2.08. The maximum Gasteiger partial charge on any atom is 0.0585 e. The Balaban J connectivity index is 1.78. The van der Waals surface area contributed by atoms with E-state index in [9.17, 15) is 0 Å². The lowest BCUT2D eigenvalue weighted by molar-refractivity contribution is 0.658. The van der Waals surface area contributed by atoms with E-state index >= 15 is 0 Å². The van der Waals surface area contributed by atoms with Crippen LogP contribution in [0.1, 0.15) is 36.3 Å².